The Hall–Kier alpha value is -3.35. The van der Waals surface area contributed by atoms with Gasteiger partial charge in [-0.3, -0.25) is 9.20 Å². The Kier molecular flexibility index (Phi) is 5.17. The summed E-state index contributed by atoms with van der Waals surface area (Å²) in [7, 11) is 1.52. The highest BCUT2D eigenvalue weighted by Crippen LogP contribution is 2.25. The first-order valence-electron chi connectivity index (χ1n) is 7.98. The molecule has 0 fully saturated rings. The molecule has 0 aliphatic carbocycles. The summed E-state index contributed by atoms with van der Waals surface area (Å²) < 4.78 is 17.2. The first-order valence-corrected chi connectivity index (χ1v) is 7.98. The quantitative estimate of drug-likeness (QED) is 0.631. The standard InChI is InChI=1S/C19H18N2O5/c1-13-6-5-9-21-17(22)10-14(20-19(13)21)11-26-18(23)12-25-16-8-4-3-7-15(16)24-2/h3-10H,11-12H2,1-2H3. The fourth-order valence-electron chi connectivity index (χ4n) is 2.45. The van der Waals surface area contributed by atoms with Gasteiger partial charge < -0.3 is 14.2 Å². The number of carbonyl (C=O) groups excluding carboxylic acids is 1. The van der Waals surface area contributed by atoms with Crippen molar-refractivity contribution in [1.29, 1.82) is 0 Å². The van der Waals surface area contributed by atoms with Crippen LogP contribution in [-0.2, 0) is 16.1 Å². The molecule has 0 atom stereocenters. The van der Waals surface area contributed by atoms with Gasteiger partial charge in [-0.25, -0.2) is 9.78 Å². The molecule has 134 valence electrons. The molecule has 7 nitrogen and oxygen atoms in total. The molecule has 0 bridgehead atoms. The van der Waals surface area contributed by atoms with E-state index in [1.807, 2.05) is 13.0 Å². The zero-order chi connectivity index (χ0) is 18.5. The molecule has 0 aliphatic rings. The average molecular weight is 354 g/mol. The molecule has 0 saturated carbocycles. The van der Waals surface area contributed by atoms with Gasteiger partial charge in [0.2, 0.25) is 0 Å². The van der Waals surface area contributed by atoms with Crippen LogP contribution in [0.2, 0.25) is 0 Å². The third kappa shape index (κ3) is 3.83. The minimum atomic E-state index is -0.567. The van der Waals surface area contributed by atoms with Crippen LogP contribution >= 0.6 is 0 Å². The topological polar surface area (TPSA) is 79.1 Å². The van der Waals surface area contributed by atoms with Gasteiger partial charge in [0, 0.05) is 12.3 Å². The molecule has 0 aliphatic heterocycles. The Balaban J connectivity index is 1.64. The van der Waals surface area contributed by atoms with Crippen LogP contribution in [0.25, 0.3) is 5.65 Å². The first kappa shape index (κ1) is 17.5. The van der Waals surface area contributed by atoms with Crippen molar-refractivity contribution in [3.63, 3.8) is 0 Å². The molecule has 0 N–H and O–H groups in total. The van der Waals surface area contributed by atoms with E-state index in [1.54, 1.807) is 36.5 Å². The minimum absolute atomic E-state index is 0.103. The lowest BCUT2D eigenvalue weighted by Crippen LogP contribution is -2.19. The third-order valence-corrected chi connectivity index (χ3v) is 3.73. The van der Waals surface area contributed by atoms with E-state index < -0.39 is 5.97 Å². The van der Waals surface area contributed by atoms with Crippen LogP contribution in [0.3, 0.4) is 0 Å². The number of rotatable bonds is 6. The second-order valence-electron chi connectivity index (χ2n) is 5.57. The highest BCUT2D eigenvalue weighted by molar-refractivity contribution is 5.71. The Bertz CT molecular complexity index is 997. The van der Waals surface area contributed by atoms with E-state index in [9.17, 15) is 9.59 Å². The molecular formula is C19H18N2O5. The average Bonchev–Trinajstić information content (AvgIpc) is 2.65. The van der Waals surface area contributed by atoms with Gasteiger partial charge in [-0.15, -0.1) is 0 Å². The number of aryl methyl sites for hydroxylation is 1. The van der Waals surface area contributed by atoms with Crippen LogP contribution in [0, 0.1) is 6.92 Å². The Morgan fingerprint density at radius 1 is 1.15 bits per heavy atom. The van der Waals surface area contributed by atoms with Gasteiger partial charge in [-0.1, -0.05) is 18.2 Å². The van der Waals surface area contributed by atoms with E-state index >= 15 is 0 Å². The van der Waals surface area contributed by atoms with Crippen molar-refractivity contribution in [2.24, 2.45) is 0 Å². The number of methoxy groups -OCH3 is 1. The monoisotopic (exact) mass is 354 g/mol. The predicted octanol–water partition coefficient (Wildman–Crippen LogP) is 2.13. The molecule has 7 heteroatoms. The maximum Gasteiger partial charge on any atom is 0.344 e. The van der Waals surface area contributed by atoms with Gasteiger partial charge in [0.15, 0.2) is 18.1 Å². The summed E-state index contributed by atoms with van der Waals surface area (Å²) in [6, 6.07) is 12.0. The fourth-order valence-corrected chi connectivity index (χ4v) is 2.45. The number of aromatic nitrogens is 2. The first-order chi connectivity index (χ1) is 12.6. The molecule has 1 aromatic carbocycles. The summed E-state index contributed by atoms with van der Waals surface area (Å²) in [6.45, 7) is 1.48. The number of hydrogen-bond acceptors (Lipinski definition) is 6. The summed E-state index contributed by atoms with van der Waals surface area (Å²) >= 11 is 0. The van der Waals surface area contributed by atoms with Crippen LogP contribution < -0.4 is 15.0 Å². The lowest BCUT2D eigenvalue weighted by atomic mass is 10.3. The van der Waals surface area contributed by atoms with E-state index in [0.717, 1.165) is 5.56 Å². The van der Waals surface area contributed by atoms with E-state index in [2.05, 4.69) is 4.98 Å². The molecule has 2 heterocycles. The van der Waals surface area contributed by atoms with Crippen molar-refractivity contribution < 1.29 is 19.0 Å². The molecule has 2 aromatic heterocycles. The van der Waals surface area contributed by atoms with Crippen LogP contribution in [0.4, 0.5) is 0 Å². The maximum absolute atomic E-state index is 12.1. The Morgan fingerprint density at radius 2 is 1.92 bits per heavy atom. The summed E-state index contributed by atoms with van der Waals surface area (Å²) in [5, 5.41) is 0. The summed E-state index contributed by atoms with van der Waals surface area (Å²) in [4.78, 5) is 28.4. The van der Waals surface area contributed by atoms with Crippen LogP contribution in [0.1, 0.15) is 11.3 Å². The van der Waals surface area contributed by atoms with Crippen molar-refractivity contribution in [3.8, 4) is 11.5 Å². The normalized spacial score (nSPS) is 10.5. The number of pyridine rings is 1. The number of hydrogen-bond donors (Lipinski definition) is 0. The number of para-hydroxylation sites is 2. The van der Waals surface area contributed by atoms with Crippen LogP contribution in [-0.4, -0.2) is 29.1 Å². The van der Waals surface area contributed by atoms with Gasteiger partial charge in [-0.05, 0) is 30.7 Å². The highest BCUT2D eigenvalue weighted by Gasteiger charge is 2.10. The van der Waals surface area contributed by atoms with Crippen molar-refractivity contribution in [1.82, 2.24) is 9.38 Å². The molecule has 0 amide bonds. The third-order valence-electron chi connectivity index (χ3n) is 3.73. The van der Waals surface area contributed by atoms with Crippen molar-refractivity contribution in [2.45, 2.75) is 13.5 Å². The number of fused-ring (bicyclic) bond motifs is 1. The highest BCUT2D eigenvalue weighted by atomic mass is 16.6. The second-order valence-corrected chi connectivity index (χ2v) is 5.57. The minimum Gasteiger partial charge on any atom is -0.493 e. The van der Waals surface area contributed by atoms with Gasteiger partial charge in [0.1, 0.15) is 12.3 Å². The number of esters is 1. The molecule has 0 radical (unpaired) electrons. The largest absolute Gasteiger partial charge is 0.493 e. The molecule has 0 spiro atoms. The summed E-state index contributed by atoms with van der Waals surface area (Å²) in [5.41, 5.74) is 1.55. The lowest BCUT2D eigenvalue weighted by Gasteiger charge is -2.10. The lowest BCUT2D eigenvalue weighted by molar-refractivity contribution is -0.147. The number of benzene rings is 1. The van der Waals surface area contributed by atoms with E-state index in [-0.39, 0.29) is 18.8 Å². The molecule has 26 heavy (non-hydrogen) atoms. The number of nitrogens with zero attached hydrogens (tertiary/aromatic N) is 2. The van der Waals surface area contributed by atoms with Crippen molar-refractivity contribution >= 4 is 11.6 Å². The van der Waals surface area contributed by atoms with Gasteiger partial charge >= 0.3 is 5.97 Å². The molecular weight excluding hydrogens is 336 g/mol. The van der Waals surface area contributed by atoms with Crippen molar-refractivity contribution in [2.75, 3.05) is 13.7 Å². The zero-order valence-corrected chi connectivity index (χ0v) is 14.5. The fraction of sp³-hybridized carbons (Fsp3) is 0.211. The molecule has 3 aromatic rings. The van der Waals surface area contributed by atoms with E-state index in [0.29, 0.717) is 22.8 Å². The van der Waals surface area contributed by atoms with Crippen molar-refractivity contribution in [3.05, 3.63) is 70.3 Å². The SMILES string of the molecule is COc1ccccc1OCC(=O)OCc1cc(=O)n2cccc(C)c2n1. The second kappa shape index (κ2) is 7.69. The molecule has 0 saturated heterocycles. The van der Waals surface area contributed by atoms with E-state index in [1.165, 1.54) is 17.6 Å². The molecule has 3 rings (SSSR count). The van der Waals surface area contributed by atoms with Crippen LogP contribution in [0.15, 0.2) is 53.5 Å². The summed E-state index contributed by atoms with van der Waals surface area (Å²) in [5.74, 6) is 0.410. The number of ether oxygens (including phenoxy) is 3. The van der Waals surface area contributed by atoms with Crippen LogP contribution in [0.5, 0.6) is 11.5 Å². The Morgan fingerprint density at radius 3 is 2.69 bits per heavy atom. The van der Waals surface area contributed by atoms with Gasteiger partial charge in [0.25, 0.3) is 5.56 Å². The van der Waals surface area contributed by atoms with Gasteiger partial charge in [-0.2, -0.15) is 0 Å². The predicted molar refractivity (Wildman–Crippen MR) is 94.5 cm³/mol. The zero-order valence-electron chi connectivity index (χ0n) is 14.5. The number of carbonyl (C=O) groups is 1. The maximum atomic E-state index is 12.1. The Labute approximate surface area is 149 Å². The molecule has 0 unspecified atom stereocenters. The van der Waals surface area contributed by atoms with E-state index in [4.69, 9.17) is 14.2 Å². The van der Waals surface area contributed by atoms with Gasteiger partial charge in [0.05, 0.1) is 12.8 Å². The smallest absolute Gasteiger partial charge is 0.344 e. The summed E-state index contributed by atoms with van der Waals surface area (Å²) in [6.07, 6.45) is 1.65.